The van der Waals surface area contributed by atoms with Crippen LogP contribution in [0.15, 0.2) is 35.1 Å². The summed E-state index contributed by atoms with van der Waals surface area (Å²) in [5, 5.41) is 21.5. The lowest BCUT2D eigenvalue weighted by Crippen LogP contribution is -2.53. The van der Waals surface area contributed by atoms with Crippen molar-refractivity contribution >= 4 is 5.97 Å². The van der Waals surface area contributed by atoms with E-state index in [0.717, 1.165) is 11.1 Å². The molecule has 0 saturated heterocycles. The van der Waals surface area contributed by atoms with E-state index < -0.39 is 11.2 Å². The van der Waals surface area contributed by atoms with Crippen LogP contribution < -0.4 is 0 Å². The maximum atomic E-state index is 11.6. The van der Waals surface area contributed by atoms with Gasteiger partial charge < -0.3 is 14.9 Å². The number of fused-ring (bicyclic) bond motifs is 2. The van der Waals surface area contributed by atoms with Crippen LogP contribution in [0.4, 0.5) is 0 Å². The van der Waals surface area contributed by atoms with E-state index >= 15 is 0 Å². The molecular formula is C15H18O4. The molecule has 1 aliphatic heterocycles. The zero-order valence-corrected chi connectivity index (χ0v) is 11.2. The third kappa shape index (κ3) is 1.50. The Hall–Kier alpha value is -1.39. The predicted octanol–water partition coefficient (Wildman–Crippen LogP) is 1.60. The molecule has 1 fully saturated rings. The molecule has 3 rings (SSSR count). The Morgan fingerprint density at radius 3 is 2.84 bits per heavy atom. The van der Waals surface area contributed by atoms with Crippen molar-refractivity contribution in [1.82, 2.24) is 0 Å². The van der Waals surface area contributed by atoms with Crippen LogP contribution in [0.2, 0.25) is 0 Å². The molecule has 0 aromatic heterocycles. The fraction of sp³-hybridized carbons (Fsp3) is 0.533. The van der Waals surface area contributed by atoms with Crippen molar-refractivity contribution in [3.8, 4) is 0 Å². The van der Waals surface area contributed by atoms with E-state index in [1.165, 1.54) is 6.08 Å². The number of hydrogen-bond donors (Lipinski definition) is 2. The van der Waals surface area contributed by atoms with Gasteiger partial charge in [-0.2, -0.15) is 0 Å². The van der Waals surface area contributed by atoms with Crippen LogP contribution >= 0.6 is 0 Å². The molecule has 0 amide bonds. The van der Waals surface area contributed by atoms with Gasteiger partial charge in [0.1, 0.15) is 17.0 Å². The van der Waals surface area contributed by atoms with Gasteiger partial charge >= 0.3 is 5.97 Å². The van der Waals surface area contributed by atoms with Gasteiger partial charge in [-0.3, -0.25) is 0 Å². The molecule has 0 unspecified atom stereocenters. The largest absolute Gasteiger partial charge is 0.423 e. The Morgan fingerprint density at radius 2 is 2.16 bits per heavy atom. The molecule has 0 aromatic carbocycles. The third-order valence-corrected chi connectivity index (χ3v) is 4.85. The first-order valence-electron chi connectivity index (χ1n) is 6.54. The van der Waals surface area contributed by atoms with E-state index in [2.05, 4.69) is 6.58 Å². The Kier molecular flexibility index (Phi) is 2.38. The van der Waals surface area contributed by atoms with Crippen molar-refractivity contribution in [1.29, 1.82) is 0 Å². The van der Waals surface area contributed by atoms with Crippen LogP contribution in [0.25, 0.3) is 0 Å². The summed E-state index contributed by atoms with van der Waals surface area (Å²) >= 11 is 0. The van der Waals surface area contributed by atoms with Crippen molar-refractivity contribution in [2.45, 2.75) is 44.3 Å². The van der Waals surface area contributed by atoms with E-state index in [-0.39, 0.29) is 11.9 Å². The lowest BCUT2D eigenvalue weighted by molar-refractivity contribution is -0.135. The molecule has 3 aliphatic rings. The van der Waals surface area contributed by atoms with Gasteiger partial charge in [0.2, 0.25) is 0 Å². The van der Waals surface area contributed by atoms with E-state index in [1.54, 1.807) is 13.8 Å². The summed E-state index contributed by atoms with van der Waals surface area (Å²) < 4.78 is 5.19. The summed E-state index contributed by atoms with van der Waals surface area (Å²) in [6.07, 6.45) is 3.15. The molecule has 0 radical (unpaired) electrons. The molecule has 1 heterocycles. The zero-order valence-electron chi connectivity index (χ0n) is 11.2. The number of ether oxygens (including phenoxy) is 1. The average Bonchev–Trinajstić information content (AvgIpc) is 2.71. The number of hydrogen-bond acceptors (Lipinski definition) is 4. The molecule has 0 bridgehead atoms. The highest BCUT2D eigenvalue weighted by atomic mass is 16.5. The Bertz CT molecular complexity index is 552. The zero-order chi connectivity index (χ0) is 14.0. The average molecular weight is 262 g/mol. The molecule has 4 heteroatoms. The SMILES string of the molecule is C=C1CC[C@]2(O)[C@@H]1CC1=C(C)C(=O)OC1=C[C@]2(C)O. The number of carbonyl (C=O) groups is 1. The maximum Gasteiger partial charge on any atom is 0.339 e. The second kappa shape index (κ2) is 3.58. The van der Waals surface area contributed by atoms with Gasteiger partial charge in [-0.05, 0) is 39.2 Å². The Balaban J connectivity index is 2.18. The number of carbonyl (C=O) groups excluding carboxylic acids is 1. The molecule has 4 nitrogen and oxygen atoms in total. The molecule has 2 aliphatic carbocycles. The Morgan fingerprint density at radius 1 is 1.47 bits per heavy atom. The normalized spacial score (nSPS) is 41.7. The highest BCUT2D eigenvalue weighted by Gasteiger charge is 2.57. The molecule has 2 N–H and O–H groups in total. The molecule has 3 atom stereocenters. The second-order valence-electron chi connectivity index (χ2n) is 5.99. The number of aliphatic hydroxyl groups is 2. The third-order valence-electron chi connectivity index (χ3n) is 4.85. The summed E-state index contributed by atoms with van der Waals surface area (Å²) in [4.78, 5) is 11.6. The maximum absolute atomic E-state index is 11.6. The van der Waals surface area contributed by atoms with Gasteiger partial charge in [-0.15, -0.1) is 0 Å². The van der Waals surface area contributed by atoms with Gasteiger partial charge in [-0.25, -0.2) is 4.79 Å². The summed E-state index contributed by atoms with van der Waals surface area (Å²) in [6, 6.07) is 0. The summed E-state index contributed by atoms with van der Waals surface area (Å²) in [6.45, 7) is 7.29. The van der Waals surface area contributed by atoms with Crippen LogP contribution in [-0.4, -0.2) is 27.4 Å². The monoisotopic (exact) mass is 262 g/mol. The minimum atomic E-state index is -1.43. The second-order valence-corrected chi connectivity index (χ2v) is 5.99. The van der Waals surface area contributed by atoms with Crippen molar-refractivity contribution in [3.63, 3.8) is 0 Å². The minimum absolute atomic E-state index is 0.240. The van der Waals surface area contributed by atoms with Gasteiger partial charge in [0.15, 0.2) is 0 Å². The molecular weight excluding hydrogens is 244 g/mol. The minimum Gasteiger partial charge on any atom is -0.423 e. The first-order valence-corrected chi connectivity index (χ1v) is 6.54. The summed E-state index contributed by atoms with van der Waals surface area (Å²) in [5.41, 5.74) is -0.391. The van der Waals surface area contributed by atoms with Gasteiger partial charge in [0.25, 0.3) is 0 Å². The fourth-order valence-electron chi connectivity index (χ4n) is 3.46. The predicted molar refractivity (Wildman–Crippen MR) is 68.9 cm³/mol. The molecule has 102 valence electrons. The van der Waals surface area contributed by atoms with E-state index in [9.17, 15) is 15.0 Å². The van der Waals surface area contributed by atoms with E-state index in [1.807, 2.05) is 0 Å². The molecule has 1 saturated carbocycles. The Labute approximate surface area is 112 Å². The first-order chi connectivity index (χ1) is 8.76. The smallest absolute Gasteiger partial charge is 0.339 e. The molecule has 19 heavy (non-hydrogen) atoms. The number of esters is 1. The van der Waals surface area contributed by atoms with Crippen molar-refractivity contribution in [2.24, 2.45) is 5.92 Å². The van der Waals surface area contributed by atoms with Gasteiger partial charge in [0.05, 0.1) is 0 Å². The van der Waals surface area contributed by atoms with E-state index in [4.69, 9.17) is 4.74 Å². The van der Waals surface area contributed by atoms with Crippen molar-refractivity contribution in [2.75, 3.05) is 0 Å². The van der Waals surface area contributed by atoms with Gasteiger partial charge in [0, 0.05) is 17.1 Å². The fourth-order valence-corrected chi connectivity index (χ4v) is 3.46. The topological polar surface area (TPSA) is 66.8 Å². The summed E-state index contributed by atoms with van der Waals surface area (Å²) in [5.74, 6) is -0.218. The van der Waals surface area contributed by atoms with E-state index in [0.29, 0.717) is 30.6 Å². The van der Waals surface area contributed by atoms with Crippen molar-refractivity contribution < 1.29 is 19.7 Å². The lowest BCUT2D eigenvalue weighted by Gasteiger charge is -2.39. The van der Waals surface area contributed by atoms with Crippen LogP contribution in [0, 0.1) is 5.92 Å². The number of rotatable bonds is 0. The standard InChI is InChI=1S/C15H18O4/c1-8-4-5-15(18)11(8)6-10-9(2)13(16)19-12(10)7-14(15,3)17/h7,11,17-18H,1,4-6H2,2-3H3/t11-,14+,15+/m1/s1. The van der Waals surface area contributed by atoms with Crippen LogP contribution in [0.5, 0.6) is 0 Å². The molecule has 0 aromatic rings. The van der Waals surface area contributed by atoms with Gasteiger partial charge in [-0.1, -0.05) is 12.2 Å². The first kappa shape index (κ1) is 12.6. The van der Waals surface area contributed by atoms with Crippen LogP contribution in [0.1, 0.15) is 33.1 Å². The lowest BCUT2D eigenvalue weighted by atomic mass is 9.75. The quantitative estimate of drug-likeness (QED) is 0.514. The highest BCUT2D eigenvalue weighted by Crippen LogP contribution is 2.53. The molecule has 0 spiro atoms. The summed E-state index contributed by atoms with van der Waals surface area (Å²) in [7, 11) is 0. The number of allylic oxidation sites excluding steroid dienone is 1. The van der Waals surface area contributed by atoms with Crippen LogP contribution in [0.3, 0.4) is 0 Å². The van der Waals surface area contributed by atoms with Crippen LogP contribution in [-0.2, 0) is 9.53 Å². The van der Waals surface area contributed by atoms with Crippen molar-refractivity contribution in [3.05, 3.63) is 35.1 Å². The highest BCUT2D eigenvalue weighted by molar-refractivity contribution is 5.94.